The minimum absolute atomic E-state index is 0.132. The van der Waals surface area contributed by atoms with E-state index in [2.05, 4.69) is 4.98 Å². The lowest BCUT2D eigenvalue weighted by Crippen LogP contribution is -2.15. The summed E-state index contributed by atoms with van der Waals surface area (Å²) >= 11 is 7.96. The van der Waals surface area contributed by atoms with Crippen molar-refractivity contribution in [3.8, 4) is 0 Å². The van der Waals surface area contributed by atoms with Crippen molar-refractivity contribution in [2.24, 2.45) is 0 Å². The molecule has 0 bridgehead atoms. The molecule has 0 aliphatic heterocycles. The summed E-state index contributed by atoms with van der Waals surface area (Å²) < 4.78 is 1.53. The lowest BCUT2D eigenvalue weighted by atomic mass is 10.3. The highest BCUT2D eigenvalue weighted by Crippen LogP contribution is 2.24. The number of thiophene rings is 1. The Hall–Kier alpha value is -1.91. The van der Waals surface area contributed by atoms with Gasteiger partial charge in [-0.2, -0.15) is 0 Å². The second-order valence-corrected chi connectivity index (χ2v) is 6.58. The van der Waals surface area contributed by atoms with Crippen LogP contribution in [0.1, 0.15) is 21.0 Å². The average Bonchev–Trinajstić information content (AvgIpc) is 2.84. The highest BCUT2D eigenvalue weighted by molar-refractivity contribution is 7.12. The molecule has 0 radical (unpaired) electrons. The lowest BCUT2D eigenvalue weighted by molar-refractivity contribution is 1.02. The van der Waals surface area contributed by atoms with Crippen LogP contribution >= 0.6 is 22.9 Å². The molecular formula is C16H13ClN2OS. The molecule has 0 atom stereocenters. The van der Waals surface area contributed by atoms with Crippen molar-refractivity contribution in [2.75, 3.05) is 0 Å². The number of hydrogen-bond donors (Lipinski definition) is 0. The molecule has 5 heteroatoms. The van der Waals surface area contributed by atoms with Crippen molar-refractivity contribution in [3.05, 3.63) is 67.9 Å². The summed E-state index contributed by atoms with van der Waals surface area (Å²) in [5, 5.41) is 0.469. The average molecular weight is 317 g/mol. The molecule has 0 unspecified atom stereocenters. The largest absolute Gasteiger partial charge is 0.269 e. The smallest absolute Gasteiger partial charge is 0.258 e. The van der Waals surface area contributed by atoms with E-state index >= 15 is 0 Å². The van der Waals surface area contributed by atoms with Gasteiger partial charge in [0.1, 0.15) is 5.65 Å². The molecule has 0 N–H and O–H groups in total. The molecule has 0 saturated carbocycles. The minimum atomic E-state index is -0.132. The molecule has 106 valence electrons. The van der Waals surface area contributed by atoms with Gasteiger partial charge >= 0.3 is 0 Å². The summed E-state index contributed by atoms with van der Waals surface area (Å²) in [6.45, 7) is 3.98. The number of pyridine rings is 1. The first kappa shape index (κ1) is 14.0. The van der Waals surface area contributed by atoms with E-state index in [0.717, 1.165) is 10.4 Å². The zero-order valence-corrected chi connectivity index (χ0v) is 13.2. The number of aryl methyl sites for hydroxylation is 2. The molecule has 3 aromatic rings. The Morgan fingerprint density at radius 1 is 1.29 bits per heavy atom. The fraction of sp³-hybridized carbons (Fsp3) is 0.125. The maximum absolute atomic E-state index is 12.2. The third kappa shape index (κ3) is 2.91. The Kier molecular flexibility index (Phi) is 3.66. The van der Waals surface area contributed by atoms with Gasteiger partial charge in [-0.3, -0.25) is 9.20 Å². The Labute approximate surface area is 131 Å². The van der Waals surface area contributed by atoms with Gasteiger partial charge in [0.2, 0.25) is 0 Å². The van der Waals surface area contributed by atoms with E-state index in [4.69, 9.17) is 11.6 Å². The molecular weight excluding hydrogens is 304 g/mol. The molecule has 3 rings (SSSR count). The van der Waals surface area contributed by atoms with Crippen LogP contribution in [0.4, 0.5) is 0 Å². The number of nitrogens with zero attached hydrogens (tertiary/aromatic N) is 2. The normalized spacial score (nSPS) is 12.0. The standard InChI is InChI=1S/C16H13ClN2OS/c1-10-3-6-15-18-14(8-16(20)19(15)9-10)13(17)7-12-5-4-11(2)21-12/h3-9H,1-2H3/b13-7-. The van der Waals surface area contributed by atoms with Crippen LogP contribution in [-0.4, -0.2) is 9.38 Å². The Morgan fingerprint density at radius 3 is 2.81 bits per heavy atom. The molecule has 21 heavy (non-hydrogen) atoms. The first-order valence-electron chi connectivity index (χ1n) is 6.47. The predicted molar refractivity (Wildman–Crippen MR) is 89.0 cm³/mol. The van der Waals surface area contributed by atoms with Crippen molar-refractivity contribution >= 4 is 39.7 Å². The van der Waals surface area contributed by atoms with Crippen LogP contribution in [0.15, 0.2) is 41.3 Å². The first-order valence-corrected chi connectivity index (χ1v) is 7.66. The van der Waals surface area contributed by atoms with E-state index in [-0.39, 0.29) is 5.56 Å². The fourth-order valence-electron chi connectivity index (χ4n) is 2.06. The molecule has 3 heterocycles. The summed E-state index contributed by atoms with van der Waals surface area (Å²) in [7, 11) is 0. The van der Waals surface area contributed by atoms with E-state index in [0.29, 0.717) is 16.4 Å². The van der Waals surface area contributed by atoms with Crippen LogP contribution in [0.5, 0.6) is 0 Å². The van der Waals surface area contributed by atoms with Gasteiger partial charge < -0.3 is 0 Å². The molecule has 0 aromatic carbocycles. The highest BCUT2D eigenvalue weighted by Gasteiger charge is 2.06. The maximum atomic E-state index is 12.2. The molecule has 0 spiro atoms. The van der Waals surface area contributed by atoms with Crippen LogP contribution < -0.4 is 5.56 Å². The number of fused-ring (bicyclic) bond motifs is 1. The molecule has 0 fully saturated rings. The zero-order valence-electron chi connectivity index (χ0n) is 11.6. The van der Waals surface area contributed by atoms with E-state index in [1.54, 1.807) is 17.5 Å². The van der Waals surface area contributed by atoms with Crippen LogP contribution in [0.25, 0.3) is 16.8 Å². The van der Waals surface area contributed by atoms with Crippen LogP contribution in [0.3, 0.4) is 0 Å². The number of halogens is 1. The fourth-order valence-corrected chi connectivity index (χ4v) is 3.16. The van der Waals surface area contributed by atoms with Gasteiger partial charge in [0.15, 0.2) is 0 Å². The third-order valence-electron chi connectivity index (χ3n) is 3.08. The number of hydrogen-bond acceptors (Lipinski definition) is 3. The Balaban J connectivity index is 2.10. The monoisotopic (exact) mass is 316 g/mol. The molecule has 3 aromatic heterocycles. The molecule has 0 saturated heterocycles. The topological polar surface area (TPSA) is 34.4 Å². The second-order valence-electron chi connectivity index (χ2n) is 4.85. The van der Waals surface area contributed by atoms with Gasteiger partial charge in [-0.25, -0.2) is 4.98 Å². The van der Waals surface area contributed by atoms with Crippen molar-refractivity contribution < 1.29 is 0 Å². The van der Waals surface area contributed by atoms with Gasteiger partial charge in [-0.1, -0.05) is 17.7 Å². The SMILES string of the molecule is Cc1ccc2nc(/C(Cl)=C/c3ccc(C)s3)cc(=O)n2c1. The molecule has 0 amide bonds. The summed E-state index contributed by atoms with van der Waals surface area (Å²) in [6.07, 6.45) is 3.61. The van der Waals surface area contributed by atoms with Crippen LogP contribution in [-0.2, 0) is 0 Å². The lowest BCUT2D eigenvalue weighted by Gasteiger charge is -2.04. The van der Waals surface area contributed by atoms with Gasteiger partial charge in [0.05, 0.1) is 10.7 Å². The van der Waals surface area contributed by atoms with Crippen LogP contribution in [0, 0.1) is 13.8 Å². The van der Waals surface area contributed by atoms with Crippen molar-refractivity contribution in [3.63, 3.8) is 0 Å². The molecule has 0 aliphatic carbocycles. The zero-order chi connectivity index (χ0) is 15.0. The molecule has 3 nitrogen and oxygen atoms in total. The quantitative estimate of drug-likeness (QED) is 0.713. The number of aromatic nitrogens is 2. The minimum Gasteiger partial charge on any atom is -0.269 e. The second kappa shape index (κ2) is 5.47. The van der Waals surface area contributed by atoms with Gasteiger partial charge in [0, 0.05) is 22.0 Å². The van der Waals surface area contributed by atoms with E-state index in [1.165, 1.54) is 15.3 Å². The Bertz CT molecular complexity index is 908. The van der Waals surface area contributed by atoms with Crippen molar-refractivity contribution in [1.82, 2.24) is 9.38 Å². The summed E-state index contributed by atoms with van der Waals surface area (Å²) in [6, 6.07) is 9.24. The summed E-state index contributed by atoms with van der Waals surface area (Å²) in [5.41, 5.74) is 1.97. The van der Waals surface area contributed by atoms with E-state index in [9.17, 15) is 4.79 Å². The van der Waals surface area contributed by atoms with Crippen LogP contribution in [0.2, 0.25) is 0 Å². The predicted octanol–water partition coefficient (Wildman–Crippen LogP) is 4.11. The van der Waals surface area contributed by atoms with Gasteiger partial charge in [-0.15, -0.1) is 11.3 Å². The van der Waals surface area contributed by atoms with E-state index < -0.39 is 0 Å². The van der Waals surface area contributed by atoms with Crippen molar-refractivity contribution in [1.29, 1.82) is 0 Å². The number of rotatable bonds is 2. The van der Waals surface area contributed by atoms with Crippen molar-refractivity contribution in [2.45, 2.75) is 13.8 Å². The maximum Gasteiger partial charge on any atom is 0.258 e. The van der Waals surface area contributed by atoms with E-state index in [1.807, 2.05) is 44.2 Å². The Morgan fingerprint density at radius 2 is 2.10 bits per heavy atom. The van der Waals surface area contributed by atoms with Gasteiger partial charge in [0.25, 0.3) is 5.56 Å². The summed E-state index contributed by atoms with van der Waals surface area (Å²) in [5.74, 6) is 0. The first-order chi connectivity index (χ1) is 10.0. The molecule has 0 aliphatic rings. The summed E-state index contributed by atoms with van der Waals surface area (Å²) in [4.78, 5) is 18.9. The van der Waals surface area contributed by atoms with Gasteiger partial charge in [-0.05, 0) is 43.7 Å². The highest BCUT2D eigenvalue weighted by atomic mass is 35.5. The third-order valence-corrected chi connectivity index (χ3v) is 4.33.